The van der Waals surface area contributed by atoms with Gasteiger partial charge in [-0.3, -0.25) is 4.79 Å². The second-order valence-electron chi connectivity index (χ2n) is 5.75. The standard InChI is InChI=1S/C19H20F2N2O3/c1-12-7-13(2)9-17(8-12)25-11-18(24)23-22-14(3)15-5-4-6-16(10-15)26-19(20)21/h4-10,19H,11H2,1-3H3,(H,23,24)/b22-14-. The monoisotopic (exact) mass is 362 g/mol. The number of amides is 1. The highest BCUT2D eigenvalue weighted by Crippen LogP contribution is 2.17. The third-order valence-electron chi connectivity index (χ3n) is 3.39. The Hall–Kier alpha value is -2.96. The lowest BCUT2D eigenvalue weighted by Crippen LogP contribution is -2.25. The molecular formula is C19H20F2N2O3. The third-order valence-corrected chi connectivity index (χ3v) is 3.39. The molecule has 0 aromatic heterocycles. The molecule has 7 heteroatoms. The Morgan fingerprint density at radius 2 is 1.81 bits per heavy atom. The van der Waals surface area contributed by atoms with Crippen LogP contribution in [-0.4, -0.2) is 24.8 Å². The highest BCUT2D eigenvalue weighted by atomic mass is 19.3. The molecule has 1 N–H and O–H groups in total. The number of nitrogens with one attached hydrogen (secondary N) is 1. The molecule has 0 fully saturated rings. The minimum atomic E-state index is -2.90. The Bertz CT molecular complexity index is 787. The maximum Gasteiger partial charge on any atom is 0.387 e. The molecule has 0 aliphatic carbocycles. The molecule has 0 unspecified atom stereocenters. The zero-order valence-corrected chi connectivity index (χ0v) is 14.8. The van der Waals surface area contributed by atoms with Crippen molar-refractivity contribution in [3.63, 3.8) is 0 Å². The van der Waals surface area contributed by atoms with E-state index in [9.17, 15) is 13.6 Å². The third kappa shape index (κ3) is 6.16. The van der Waals surface area contributed by atoms with Crippen molar-refractivity contribution in [2.45, 2.75) is 27.4 Å². The van der Waals surface area contributed by atoms with Crippen LogP contribution in [-0.2, 0) is 4.79 Å². The van der Waals surface area contributed by atoms with Crippen molar-refractivity contribution in [2.24, 2.45) is 5.10 Å². The molecule has 0 bridgehead atoms. The minimum Gasteiger partial charge on any atom is -0.484 e. The summed E-state index contributed by atoms with van der Waals surface area (Å²) in [5.41, 5.74) is 5.46. The first kappa shape index (κ1) is 19.4. The largest absolute Gasteiger partial charge is 0.484 e. The number of nitrogens with zero attached hydrogens (tertiary/aromatic N) is 1. The average molecular weight is 362 g/mol. The molecule has 0 saturated carbocycles. The molecule has 0 aliphatic rings. The van der Waals surface area contributed by atoms with Crippen molar-refractivity contribution >= 4 is 11.6 Å². The van der Waals surface area contributed by atoms with Crippen molar-refractivity contribution in [3.8, 4) is 11.5 Å². The number of hydrogen-bond donors (Lipinski definition) is 1. The van der Waals surface area contributed by atoms with Crippen LogP contribution in [0.25, 0.3) is 0 Å². The fourth-order valence-electron chi connectivity index (χ4n) is 2.31. The van der Waals surface area contributed by atoms with Gasteiger partial charge in [0, 0.05) is 5.56 Å². The summed E-state index contributed by atoms with van der Waals surface area (Å²) in [7, 11) is 0. The Balaban J connectivity index is 1.92. The van der Waals surface area contributed by atoms with Crippen molar-refractivity contribution in [1.82, 2.24) is 5.43 Å². The number of hydrogen-bond acceptors (Lipinski definition) is 4. The van der Waals surface area contributed by atoms with E-state index < -0.39 is 12.5 Å². The molecule has 2 aromatic carbocycles. The summed E-state index contributed by atoms with van der Waals surface area (Å²) in [5.74, 6) is 0.204. The Morgan fingerprint density at radius 3 is 2.46 bits per heavy atom. The quantitative estimate of drug-likeness (QED) is 0.602. The van der Waals surface area contributed by atoms with E-state index in [4.69, 9.17) is 4.74 Å². The number of carbonyl (C=O) groups excluding carboxylic acids is 1. The van der Waals surface area contributed by atoms with E-state index in [0.29, 0.717) is 17.0 Å². The maximum absolute atomic E-state index is 12.3. The first-order chi connectivity index (χ1) is 12.3. The lowest BCUT2D eigenvalue weighted by Gasteiger charge is -2.08. The number of aryl methyl sites for hydroxylation is 2. The van der Waals surface area contributed by atoms with E-state index in [0.717, 1.165) is 11.1 Å². The van der Waals surface area contributed by atoms with Gasteiger partial charge in [0.05, 0.1) is 5.71 Å². The average Bonchev–Trinajstić information content (AvgIpc) is 2.56. The van der Waals surface area contributed by atoms with Crippen molar-refractivity contribution < 1.29 is 23.0 Å². The van der Waals surface area contributed by atoms with E-state index in [2.05, 4.69) is 15.3 Å². The molecule has 5 nitrogen and oxygen atoms in total. The van der Waals surface area contributed by atoms with Crippen LogP contribution in [0, 0.1) is 13.8 Å². The number of carbonyl (C=O) groups is 1. The molecule has 0 atom stereocenters. The number of alkyl halides is 2. The first-order valence-electron chi connectivity index (χ1n) is 7.93. The molecule has 0 heterocycles. The van der Waals surface area contributed by atoms with E-state index in [-0.39, 0.29) is 12.4 Å². The molecule has 2 aromatic rings. The van der Waals surface area contributed by atoms with Crippen molar-refractivity contribution in [2.75, 3.05) is 6.61 Å². The lowest BCUT2D eigenvalue weighted by molar-refractivity contribution is -0.123. The van der Waals surface area contributed by atoms with Crippen LogP contribution in [0.2, 0.25) is 0 Å². The van der Waals surface area contributed by atoms with Gasteiger partial charge >= 0.3 is 6.61 Å². The van der Waals surface area contributed by atoms with Gasteiger partial charge < -0.3 is 9.47 Å². The van der Waals surface area contributed by atoms with Gasteiger partial charge in [-0.1, -0.05) is 18.2 Å². The number of ether oxygens (including phenoxy) is 2. The minimum absolute atomic E-state index is 0.0246. The summed E-state index contributed by atoms with van der Waals surface area (Å²) >= 11 is 0. The van der Waals surface area contributed by atoms with Crippen LogP contribution in [0.5, 0.6) is 11.5 Å². The molecule has 1 amide bonds. The van der Waals surface area contributed by atoms with Gasteiger partial charge in [-0.2, -0.15) is 13.9 Å². The van der Waals surface area contributed by atoms with Gasteiger partial charge in [0.2, 0.25) is 0 Å². The summed E-state index contributed by atoms with van der Waals surface area (Å²) in [5, 5.41) is 3.96. The molecule has 2 rings (SSSR count). The topological polar surface area (TPSA) is 59.9 Å². The zero-order valence-electron chi connectivity index (χ0n) is 14.8. The SMILES string of the molecule is C/C(=N/NC(=O)COc1cc(C)cc(C)c1)c1cccc(OC(F)F)c1. The smallest absolute Gasteiger partial charge is 0.387 e. The van der Waals surface area contributed by atoms with Crippen molar-refractivity contribution in [3.05, 3.63) is 59.2 Å². The van der Waals surface area contributed by atoms with Gasteiger partial charge in [-0.15, -0.1) is 0 Å². The van der Waals surface area contributed by atoms with Gasteiger partial charge in [0.15, 0.2) is 6.61 Å². The zero-order chi connectivity index (χ0) is 19.1. The predicted molar refractivity (Wildman–Crippen MR) is 94.8 cm³/mol. The van der Waals surface area contributed by atoms with Crippen LogP contribution >= 0.6 is 0 Å². The van der Waals surface area contributed by atoms with Crippen molar-refractivity contribution in [1.29, 1.82) is 0 Å². The summed E-state index contributed by atoms with van der Waals surface area (Å²) in [6, 6.07) is 11.8. The molecule has 26 heavy (non-hydrogen) atoms. The number of rotatable bonds is 7. The molecule has 0 radical (unpaired) electrons. The summed E-state index contributed by atoms with van der Waals surface area (Å²) in [6.07, 6.45) is 0. The summed E-state index contributed by atoms with van der Waals surface area (Å²) in [6.45, 7) is 2.45. The fraction of sp³-hybridized carbons (Fsp3) is 0.263. The van der Waals surface area contributed by atoms with Crippen LogP contribution in [0.1, 0.15) is 23.6 Å². The summed E-state index contributed by atoms with van der Waals surface area (Å²) < 4.78 is 34.3. The number of halogens is 2. The molecule has 138 valence electrons. The van der Waals surface area contributed by atoms with Gasteiger partial charge in [-0.25, -0.2) is 5.43 Å². The molecule has 0 aliphatic heterocycles. The van der Waals surface area contributed by atoms with Crippen LogP contribution < -0.4 is 14.9 Å². The van der Waals surface area contributed by atoms with Gasteiger partial charge in [0.1, 0.15) is 11.5 Å². The number of benzene rings is 2. The molecule has 0 saturated heterocycles. The Morgan fingerprint density at radius 1 is 1.12 bits per heavy atom. The summed E-state index contributed by atoms with van der Waals surface area (Å²) in [4.78, 5) is 11.9. The number of hydrazone groups is 1. The maximum atomic E-state index is 12.3. The van der Waals surface area contributed by atoms with E-state index in [1.165, 1.54) is 12.1 Å². The molecule has 0 spiro atoms. The van der Waals surface area contributed by atoms with Gasteiger partial charge in [-0.05, 0) is 56.2 Å². The lowest BCUT2D eigenvalue weighted by atomic mass is 10.1. The Labute approximate surface area is 150 Å². The van der Waals surface area contributed by atoms with Crippen LogP contribution in [0.4, 0.5) is 8.78 Å². The highest BCUT2D eigenvalue weighted by molar-refractivity contribution is 5.99. The van der Waals surface area contributed by atoms with E-state index in [1.54, 1.807) is 19.1 Å². The van der Waals surface area contributed by atoms with Gasteiger partial charge in [0.25, 0.3) is 5.91 Å². The molecular weight excluding hydrogens is 342 g/mol. The van der Waals surface area contributed by atoms with E-state index in [1.807, 2.05) is 32.0 Å². The predicted octanol–water partition coefficient (Wildman–Crippen LogP) is 3.82. The second-order valence-corrected chi connectivity index (χ2v) is 5.75. The van der Waals surface area contributed by atoms with Crippen LogP contribution in [0.15, 0.2) is 47.6 Å². The van der Waals surface area contributed by atoms with E-state index >= 15 is 0 Å². The second kappa shape index (κ2) is 8.94. The highest BCUT2D eigenvalue weighted by Gasteiger charge is 2.07. The normalized spacial score (nSPS) is 11.4. The Kier molecular flexibility index (Phi) is 6.66. The van der Waals surface area contributed by atoms with Crippen LogP contribution in [0.3, 0.4) is 0 Å². The fourth-order valence-corrected chi connectivity index (χ4v) is 2.31. The first-order valence-corrected chi connectivity index (χ1v) is 7.93.